The van der Waals surface area contributed by atoms with Crippen molar-refractivity contribution in [2.75, 3.05) is 0 Å². The maximum atomic E-state index is 12.4. The molecule has 0 saturated carbocycles. The quantitative estimate of drug-likeness (QED) is 0.592. The van der Waals surface area contributed by atoms with Crippen LogP contribution < -0.4 is 5.32 Å². The highest BCUT2D eigenvalue weighted by atomic mass is 16.4. The number of hydrogen-bond acceptors (Lipinski definition) is 4. The van der Waals surface area contributed by atoms with Crippen LogP contribution in [0.3, 0.4) is 0 Å². The highest BCUT2D eigenvalue weighted by molar-refractivity contribution is 5.79. The van der Waals surface area contributed by atoms with Crippen molar-refractivity contribution in [2.24, 2.45) is 7.05 Å². The van der Waals surface area contributed by atoms with Crippen LogP contribution in [0.1, 0.15) is 17.3 Å². The monoisotopic (exact) mass is 360 g/mol. The SMILES string of the molecule is Cc1oc(-c2ccccc2)nc1CC(=O)NCc1nc2ccccc2n1C. The molecule has 2 heterocycles. The fourth-order valence-electron chi connectivity index (χ4n) is 3.04. The average molecular weight is 360 g/mol. The first-order chi connectivity index (χ1) is 13.1. The number of aryl methyl sites for hydroxylation is 2. The lowest BCUT2D eigenvalue weighted by Crippen LogP contribution is -2.26. The fourth-order valence-corrected chi connectivity index (χ4v) is 3.04. The van der Waals surface area contributed by atoms with Crippen molar-refractivity contribution in [1.82, 2.24) is 19.9 Å². The van der Waals surface area contributed by atoms with E-state index >= 15 is 0 Å². The summed E-state index contributed by atoms with van der Waals surface area (Å²) in [5.74, 6) is 1.89. The minimum atomic E-state index is -0.113. The van der Waals surface area contributed by atoms with Gasteiger partial charge in [0.1, 0.15) is 11.6 Å². The summed E-state index contributed by atoms with van der Waals surface area (Å²) in [6.07, 6.45) is 0.173. The van der Waals surface area contributed by atoms with E-state index in [4.69, 9.17) is 4.42 Å². The van der Waals surface area contributed by atoms with Crippen LogP contribution in [0.15, 0.2) is 59.0 Å². The number of carbonyl (C=O) groups is 1. The molecule has 0 radical (unpaired) electrons. The Hall–Kier alpha value is -3.41. The largest absolute Gasteiger partial charge is 0.441 e. The molecule has 6 heteroatoms. The molecule has 27 heavy (non-hydrogen) atoms. The van der Waals surface area contributed by atoms with Gasteiger partial charge in [0.05, 0.1) is 29.7 Å². The maximum Gasteiger partial charge on any atom is 0.226 e. The van der Waals surface area contributed by atoms with Crippen molar-refractivity contribution in [3.63, 3.8) is 0 Å². The molecule has 0 aliphatic heterocycles. The van der Waals surface area contributed by atoms with Gasteiger partial charge in [0.25, 0.3) is 0 Å². The molecule has 0 bridgehead atoms. The highest BCUT2D eigenvalue weighted by Gasteiger charge is 2.15. The Bertz CT molecular complexity index is 1100. The van der Waals surface area contributed by atoms with E-state index in [-0.39, 0.29) is 12.3 Å². The van der Waals surface area contributed by atoms with Gasteiger partial charge in [-0.25, -0.2) is 9.97 Å². The van der Waals surface area contributed by atoms with Gasteiger partial charge in [-0.15, -0.1) is 0 Å². The van der Waals surface area contributed by atoms with Gasteiger partial charge in [-0.2, -0.15) is 0 Å². The van der Waals surface area contributed by atoms with Crippen LogP contribution >= 0.6 is 0 Å². The standard InChI is InChI=1S/C21H20N4O2/c1-14-17(24-21(27-14)15-8-4-3-5-9-15)12-20(26)22-13-19-23-16-10-6-7-11-18(16)25(19)2/h3-11H,12-13H2,1-2H3,(H,22,26). The summed E-state index contributed by atoms with van der Waals surface area (Å²) in [6, 6.07) is 17.6. The minimum Gasteiger partial charge on any atom is -0.441 e. The van der Waals surface area contributed by atoms with Crippen LogP contribution in [-0.4, -0.2) is 20.4 Å². The van der Waals surface area contributed by atoms with Gasteiger partial charge in [0, 0.05) is 12.6 Å². The normalized spacial score (nSPS) is 11.0. The van der Waals surface area contributed by atoms with Gasteiger partial charge < -0.3 is 14.3 Å². The molecule has 0 atom stereocenters. The molecule has 0 saturated heterocycles. The van der Waals surface area contributed by atoms with Gasteiger partial charge in [0.15, 0.2) is 0 Å². The van der Waals surface area contributed by atoms with E-state index in [1.807, 2.05) is 73.1 Å². The van der Waals surface area contributed by atoms with Gasteiger partial charge in [-0.05, 0) is 31.2 Å². The first-order valence-electron chi connectivity index (χ1n) is 8.80. The Kier molecular flexibility index (Phi) is 4.46. The summed E-state index contributed by atoms with van der Waals surface area (Å²) in [5, 5.41) is 2.92. The lowest BCUT2D eigenvalue weighted by atomic mass is 10.2. The van der Waals surface area contributed by atoms with Crippen LogP contribution in [0.2, 0.25) is 0 Å². The number of benzene rings is 2. The Labute approximate surface area is 156 Å². The Morgan fingerprint density at radius 3 is 2.59 bits per heavy atom. The Morgan fingerprint density at radius 2 is 1.81 bits per heavy atom. The molecular weight excluding hydrogens is 340 g/mol. The van der Waals surface area contributed by atoms with Crippen molar-refractivity contribution in [2.45, 2.75) is 19.9 Å². The molecule has 136 valence electrons. The molecule has 0 aliphatic rings. The number of rotatable bonds is 5. The van der Waals surface area contributed by atoms with Gasteiger partial charge in [-0.3, -0.25) is 4.79 Å². The van der Waals surface area contributed by atoms with Gasteiger partial charge in [0.2, 0.25) is 11.8 Å². The molecule has 2 aromatic carbocycles. The second-order valence-corrected chi connectivity index (χ2v) is 6.42. The number of para-hydroxylation sites is 2. The number of nitrogens with one attached hydrogen (secondary N) is 1. The van der Waals surface area contributed by atoms with E-state index in [1.165, 1.54) is 0 Å². The Morgan fingerprint density at radius 1 is 1.07 bits per heavy atom. The summed E-state index contributed by atoms with van der Waals surface area (Å²) in [5.41, 5.74) is 3.51. The lowest BCUT2D eigenvalue weighted by molar-refractivity contribution is -0.120. The van der Waals surface area contributed by atoms with Crippen molar-refractivity contribution in [3.8, 4) is 11.5 Å². The zero-order chi connectivity index (χ0) is 18.8. The molecule has 2 aromatic heterocycles. The van der Waals surface area contributed by atoms with Crippen LogP contribution in [0.25, 0.3) is 22.5 Å². The lowest BCUT2D eigenvalue weighted by Gasteiger charge is -2.05. The summed E-state index contributed by atoms with van der Waals surface area (Å²) in [4.78, 5) is 21.4. The van der Waals surface area contributed by atoms with Crippen molar-refractivity contribution in [3.05, 3.63) is 71.9 Å². The predicted octanol–water partition coefficient (Wildman–Crippen LogP) is 3.40. The average Bonchev–Trinajstić information content (AvgIpc) is 3.21. The molecule has 0 spiro atoms. The summed E-state index contributed by atoms with van der Waals surface area (Å²) in [7, 11) is 1.95. The van der Waals surface area contributed by atoms with Crippen LogP contribution in [0.5, 0.6) is 0 Å². The van der Waals surface area contributed by atoms with Crippen molar-refractivity contribution in [1.29, 1.82) is 0 Å². The van der Waals surface area contributed by atoms with Crippen LogP contribution in [0, 0.1) is 6.92 Å². The summed E-state index contributed by atoms with van der Waals surface area (Å²) >= 11 is 0. The molecule has 1 N–H and O–H groups in total. The second-order valence-electron chi connectivity index (χ2n) is 6.42. The van der Waals surface area contributed by atoms with E-state index < -0.39 is 0 Å². The molecular formula is C21H20N4O2. The first kappa shape index (κ1) is 17.0. The number of aromatic nitrogens is 3. The maximum absolute atomic E-state index is 12.4. The van der Waals surface area contributed by atoms with Gasteiger partial charge >= 0.3 is 0 Å². The van der Waals surface area contributed by atoms with Crippen molar-refractivity contribution < 1.29 is 9.21 Å². The van der Waals surface area contributed by atoms with E-state index in [0.29, 0.717) is 23.9 Å². The topological polar surface area (TPSA) is 73.0 Å². The van der Waals surface area contributed by atoms with Gasteiger partial charge in [-0.1, -0.05) is 30.3 Å². The number of nitrogens with zero attached hydrogens (tertiary/aromatic N) is 3. The molecule has 4 aromatic rings. The number of oxazole rings is 1. The van der Waals surface area contributed by atoms with E-state index in [9.17, 15) is 4.79 Å². The van der Waals surface area contributed by atoms with E-state index in [0.717, 1.165) is 22.4 Å². The van der Waals surface area contributed by atoms with Crippen LogP contribution in [0.4, 0.5) is 0 Å². The molecule has 0 aliphatic carbocycles. The molecule has 1 amide bonds. The fraction of sp³-hybridized carbons (Fsp3) is 0.190. The number of amides is 1. The van der Waals surface area contributed by atoms with Crippen molar-refractivity contribution >= 4 is 16.9 Å². The third-order valence-corrected chi connectivity index (χ3v) is 4.56. The summed E-state index contributed by atoms with van der Waals surface area (Å²) in [6.45, 7) is 2.19. The molecule has 6 nitrogen and oxygen atoms in total. The van der Waals surface area contributed by atoms with E-state index in [2.05, 4.69) is 15.3 Å². The number of hydrogen-bond donors (Lipinski definition) is 1. The zero-order valence-electron chi connectivity index (χ0n) is 15.3. The number of imidazole rings is 1. The minimum absolute atomic E-state index is 0.113. The molecule has 0 unspecified atom stereocenters. The highest BCUT2D eigenvalue weighted by Crippen LogP contribution is 2.21. The molecule has 0 fully saturated rings. The number of fused-ring (bicyclic) bond motifs is 1. The first-order valence-corrected chi connectivity index (χ1v) is 8.80. The predicted molar refractivity (Wildman–Crippen MR) is 103 cm³/mol. The third kappa shape index (κ3) is 3.46. The van der Waals surface area contributed by atoms with E-state index in [1.54, 1.807) is 0 Å². The zero-order valence-corrected chi connectivity index (χ0v) is 15.3. The molecule has 4 rings (SSSR count). The third-order valence-electron chi connectivity index (χ3n) is 4.56. The summed E-state index contributed by atoms with van der Waals surface area (Å²) < 4.78 is 7.71. The van der Waals surface area contributed by atoms with Crippen LogP contribution in [-0.2, 0) is 24.8 Å². The Balaban J connectivity index is 1.44. The smallest absolute Gasteiger partial charge is 0.226 e. The second kappa shape index (κ2) is 7.07. The number of carbonyl (C=O) groups excluding carboxylic acids is 1.